The van der Waals surface area contributed by atoms with Crippen LogP contribution in [0, 0.1) is 12.8 Å². The van der Waals surface area contributed by atoms with E-state index in [2.05, 4.69) is 29.2 Å². The van der Waals surface area contributed by atoms with Gasteiger partial charge in [-0.2, -0.15) is 0 Å². The van der Waals surface area contributed by atoms with E-state index >= 15 is 0 Å². The van der Waals surface area contributed by atoms with E-state index in [1.54, 1.807) is 4.31 Å². The first-order valence-corrected chi connectivity index (χ1v) is 13.1. The molecule has 2 aliphatic rings. The molecule has 0 bridgehead atoms. The molecule has 0 atom stereocenters. The lowest BCUT2D eigenvalue weighted by atomic mass is 9.96. The lowest BCUT2D eigenvalue weighted by molar-refractivity contribution is -0.138. The van der Waals surface area contributed by atoms with Crippen molar-refractivity contribution in [2.45, 2.75) is 32.1 Å². The van der Waals surface area contributed by atoms with Crippen LogP contribution in [0.15, 0.2) is 54.6 Å². The van der Waals surface area contributed by atoms with E-state index < -0.39 is 10.0 Å². The molecule has 2 saturated heterocycles. The van der Waals surface area contributed by atoms with Gasteiger partial charge >= 0.3 is 0 Å². The Bertz CT molecular complexity index is 1010. The summed E-state index contributed by atoms with van der Waals surface area (Å²) in [6.45, 7) is 6.97. The summed E-state index contributed by atoms with van der Waals surface area (Å²) in [6, 6.07) is 18.0. The van der Waals surface area contributed by atoms with Crippen molar-refractivity contribution in [2.24, 2.45) is 5.92 Å². The van der Waals surface area contributed by atoms with Crippen molar-refractivity contribution < 1.29 is 13.2 Å². The summed E-state index contributed by atoms with van der Waals surface area (Å²) in [5, 5.41) is 0. The highest BCUT2D eigenvalue weighted by Crippen LogP contribution is 2.24. The Balaban J connectivity index is 1.25. The van der Waals surface area contributed by atoms with Crippen LogP contribution in [0.2, 0.25) is 0 Å². The molecule has 6 nitrogen and oxygen atoms in total. The maximum absolute atomic E-state index is 13.0. The van der Waals surface area contributed by atoms with Crippen molar-refractivity contribution in [3.05, 3.63) is 71.3 Å². The highest BCUT2D eigenvalue weighted by Gasteiger charge is 2.34. The Hall–Kier alpha value is -2.22. The Kier molecular flexibility index (Phi) is 7.28. The van der Waals surface area contributed by atoms with Crippen LogP contribution >= 0.6 is 0 Å². The molecule has 0 unspecified atom stereocenters. The number of hydrogen-bond acceptors (Lipinski definition) is 4. The molecular weight excluding hydrogens is 422 g/mol. The second-order valence-electron chi connectivity index (χ2n) is 8.94. The van der Waals surface area contributed by atoms with Gasteiger partial charge in [0, 0.05) is 51.7 Å². The molecule has 7 heteroatoms. The fourth-order valence-electron chi connectivity index (χ4n) is 4.67. The molecule has 2 aromatic rings. The molecule has 2 heterocycles. The van der Waals surface area contributed by atoms with Crippen LogP contribution in [-0.2, 0) is 27.1 Å². The number of amides is 1. The minimum atomic E-state index is -3.37. The minimum absolute atomic E-state index is 0.0294. The molecule has 2 aliphatic heterocycles. The quantitative estimate of drug-likeness (QED) is 0.672. The molecule has 172 valence electrons. The predicted octanol–water partition coefficient (Wildman–Crippen LogP) is 2.88. The van der Waals surface area contributed by atoms with Crippen LogP contribution in [0.25, 0.3) is 0 Å². The van der Waals surface area contributed by atoms with E-state index in [9.17, 15) is 13.2 Å². The molecule has 0 N–H and O–H groups in total. The maximum atomic E-state index is 13.0. The van der Waals surface area contributed by atoms with Crippen LogP contribution in [0.4, 0.5) is 0 Å². The van der Waals surface area contributed by atoms with Gasteiger partial charge in [-0.3, -0.25) is 9.69 Å². The SMILES string of the molecule is Cc1ccccc1CS(=O)(=O)N1CCC(C(=O)N2CCN(Cc3ccccc3)CC2)CC1. The topological polar surface area (TPSA) is 60.9 Å². The molecule has 32 heavy (non-hydrogen) atoms. The van der Waals surface area contributed by atoms with Crippen molar-refractivity contribution in [3.8, 4) is 0 Å². The molecule has 0 saturated carbocycles. The van der Waals surface area contributed by atoms with Gasteiger partial charge in [0.05, 0.1) is 5.75 Å². The fourth-order valence-corrected chi connectivity index (χ4v) is 6.33. The summed E-state index contributed by atoms with van der Waals surface area (Å²) in [6.07, 6.45) is 1.21. The number of nitrogens with zero attached hydrogens (tertiary/aromatic N) is 3. The second kappa shape index (κ2) is 10.1. The Morgan fingerprint density at radius 3 is 2.16 bits per heavy atom. The number of benzene rings is 2. The average Bonchev–Trinajstić information content (AvgIpc) is 2.81. The molecule has 0 spiro atoms. The van der Waals surface area contributed by atoms with Gasteiger partial charge in [0.25, 0.3) is 0 Å². The van der Waals surface area contributed by atoms with Gasteiger partial charge in [0.15, 0.2) is 0 Å². The summed E-state index contributed by atoms with van der Waals surface area (Å²) in [4.78, 5) is 17.4. The highest BCUT2D eigenvalue weighted by atomic mass is 32.2. The minimum Gasteiger partial charge on any atom is -0.340 e. The Labute approximate surface area is 191 Å². The Morgan fingerprint density at radius 1 is 0.875 bits per heavy atom. The van der Waals surface area contributed by atoms with E-state index in [1.807, 2.05) is 42.2 Å². The maximum Gasteiger partial charge on any atom is 0.225 e. The van der Waals surface area contributed by atoms with E-state index in [-0.39, 0.29) is 17.6 Å². The molecule has 0 radical (unpaired) electrons. The number of sulfonamides is 1. The van der Waals surface area contributed by atoms with Crippen molar-refractivity contribution in [2.75, 3.05) is 39.3 Å². The van der Waals surface area contributed by atoms with Crippen molar-refractivity contribution in [1.29, 1.82) is 0 Å². The molecule has 0 aromatic heterocycles. The standard InChI is InChI=1S/C25H33N3O3S/c1-21-7-5-6-10-24(21)20-32(30,31)28-13-11-23(12-14-28)25(29)27-17-15-26(16-18-27)19-22-8-3-2-4-9-22/h2-10,23H,11-20H2,1H3. The molecule has 2 aromatic carbocycles. The summed E-state index contributed by atoms with van der Waals surface area (Å²) in [5.74, 6) is 0.155. The van der Waals surface area contributed by atoms with Gasteiger partial charge in [0.1, 0.15) is 0 Å². The summed E-state index contributed by atoms with van der Waals surface area (Å²) in [5.41, 5.74) is 3.14. The van der Waals surface area contributed by atoms with Crippen molar-refractivity contribution >= 4 is 15.9 Å². The summed E-state index contributed by atoms with van der Waals surface area (Å²) < 4.78 is 27.4. The van der Waals surface area contributed by atoms with Gasteiger partial charge in [0.2, 0.25) is 15.9 Å². The first kappa shape index (κ1) is 23.0. The Morgan fingerprint density at radius 2 is 1.50 bits per heavy atom. The lowest BCUT2D eigenvalue weighted by Crippen LogP contribution is -2.51. The lowest BCUT2D eigenvalue weighted by Gasteiger charge is -2.38. The van der Waals surface area contributed by atoms with Crippen LogP contribution in [-0.4, -0.2) is 67.7 Å². The van der Waals surface area contributed by atoms with Gasteiger partial charge in [-0.1, -0.05) is 54.6 Å². The third-order valence-electron chi connectivity index (χ3n) is 6.73. The zero-order chi connectivity index (χ0) is 22.6. The average molecular weight is 456 g/mol. The largest absolute Gasteiger partial charge is 0.340 e. The van der Waals surface area contributed by atoms with E-state index in [4.69, 9.17) is 0 Å². The van der Waals surface area contributed by atoms with E-state index in [0.717, 1.165) is 43.9 Å². The monoisotopic (exact) mass is 455 g/mol. The molecule has 4 rings (SSSR count). The smallest absolute Gasteiger partial charge is 0.225 e. The van der Waals surface area contributed by atoms with Crippen LogP contribution < -0.4 is 0 Å². The van der Waals surface area contributed by atoms with Crippen LogP contribution in [0.3, 0.4) is 0 Å². The number of aryl methyl sites for hydroxylation is 1. The van der Waals surface area contributed by atoms with Crippen molar-refractivity contribution in [1.82, 2.24) is 14.1 Å². The number of piperidine rings is 1. The van der Waals surface area contributed by atoms with E-state index in [0.29, 0.717) is 25.9 Å². The first-order valence-electron chi connectivity index (χ1n) is 11.5. The second-order valence-corrected chi connectivity index (χ2v) is 10.9. The first-order chi connectivity index (χ1) is 15.4. The molecule has 1 amide bonds. The van der Waals surface area contributed by atoms with Gasteiger partial charge in [-0.25, -0.2) is 12.7 Å². The summed E-state index contributed by atoms with van der Waals surface area (Å²) >= 11 is 0. The van der Waals surface area contributed by atoms with E-state index in [1.165, 1.54) is 5.56 Å². The summed E-state index contributed by atoms with van der Waals surface area (Å²) in [7, 11) is -3.37. The zero-order valence-electron chi connectivity index (χ0n) is 18.8. The number of carbonyl (C=O) groups excluding carboxylic acids is 1. The third-order valence-corrected chi connectivity index (χ3v) is 8.56. The molecule has 2 fully saturated rings. The van der Waals surface area contributed by atoms with Gasteiger partial charge < -0.3 is 4.90 Å². The number of hydrogen-bond donors (Lipinski definition) is 0. The van der Waals surface area contributed by atoms with Gasteiger partial charge in [-0.05, 0) is 36.5 Å². The molecule has 0 aliphatic carbocycles. The number of piperazine rings is 1. The highest BCUT2D eigenvalue weighted by molar-refractivity contribution is 7.88. The predicted molar refractivity (Wildman–Crippen MR) is 126 cm³/mol. The zero-order valence-corrected chi connectivity index (χ0v) is 19.6. The van der Waals surface area contributed by atoms with Crippen molar-refractivity contribution in [3.63, 3.8) is 0 Å². The number of rotatable bonds is 6. The van der Waals surface area contributed by atoms with Crippen LogP contribution in [0.1, 0.15) is 29.5 Å². The molecular formula is C25H33N3O3S. The van der Waals surface area contributed by atoms with Crippen LogP contribution in [0.5, 0.6) is 0 Å². The number of carbonyl (C=O) groups is 1. The normalized spacial score (nSPS) is 19.2. The third kappa shape index (κ3) is 5.57. The van der Waals surface area contributed by atoms with Gasteiger partial charge in [-0.15, -0.1) is 0 Å². The fraction of sp³-hybridized carbons (Fsp3) is 0.480.